The van der Waals surface area contributed by atoms with Crippen LogP contribution < -0.4 is 0 Å². The van der Waals surface area contributed by atoms with Crippen molar-refractivity contribution < 1.29 is 0 Å². The van der Waals surface area contributed by atoms with E-state index in [1.165, 1.54) is 12.8 Å². The minimum absolute atomic E-state index is 0.903. The molecule has 1 spiro atoms. The summed E-state index contributed by atoms with van der Waals surface area (Å²) in [5.74, 6) is 1.07. The quantitative estimate of drug-likeness (QED) is 0.449. The molecule has 0 aliphatic heterocycles. The first kappa shape index (κ1) is 4.84. The lowest BCUT2D eigenvalue weighted by molar-refractivity contribution is 0.396. The van der Waals surface area contributed by atoms with Crippen LogP contribution in [0.3, 0.4) is 0 Å². The average molecular weight is 110 g/mol. The molecule has 2 rings (SSSR count). The van der Waals surface area contributed by atoms with Crippen molar-refractivity contribution in [1.82, 2.24) is 0 Å². The Morgan fingerprint density at radius 2 is 2.00 bits per heavy atom. The Kier molecular flexibility index (Phi) is 0.778. The summed E-state index contributed by atoms with van der Waals surface area (Å²) in [7, 11) is 0. The molecule has 2 aliphatic carbocycles. The van der Waals surface area contributed by atoms with Crippen LogP contribution in [0.5, 0.6) is 0 Å². The van der Waals surface area contributed by atoms with Crippen LogP contribution in [0.25, 0.3) is 0 Å². The molecule has 0 saturated heterocycles. The van der Waals surface area contributed by atoms with E-state index in [0.717, 1.165) is 11.3 Å². The predicted molar refractivity (Wildman–Crippen MR) is 34.7 cm³/mol. The lowest BCUT2D eigenvalue weighted by Crippen LogP contribution is -2.01. The van der Waals surface area contributed by atoms with Crippen molar-refractivity contribution >= 4 is 0 Å². The molecule has 2 saturated carbocycles. The van der Waals surface area contributed by atoms with Gasteiger partial charge in [0.05, 0.1) is 0 Å². The smallest absolute Gasteiger partial charge is 0.0271 e. The van der Waals surface area contributed by atoms with Gasteiger partial charge in [-0.25, -0.2) is 0 Å². The third-order valence-corrected chi connectivity index (χ3v) is 3.25. The second-order valence-corrected chi connectivity index (χ2v) is 3.66. The molecule has 8 heavy (non-hydrogen) atoms. The van der Waals surface area contributed by atoms with E-state index < -0.39 is 0 Å². The van der Waals surface area contributed by atoms with Gasteiger partial charge in [0.25, 0.3) is 0 Å². The van der Waals surface area contributed by atoms with E-state index in [0.29, 0.717) is 0 Å². The molecular weight excluding hydrogens is 96.1 g/mol. The summed E-state index contributed by atoms with van der Waals surface area (Å²) in [6.45, 7) is 2.43. The van der Waals surface area contributed by atoms with E-state index in [4.69, 9.17) is 0 Å². The molecule has 0 radical (unpaired) electrons. The van der Waals surface area contributed by atoms with Crippen LogP contribution >= 0.6 is 0 Å². The Bertz CT molecular complexity index is 101. The molecule has 2 aliphatic rings. The van der Waals surface area contributed by atoms with Crippen molar-refractivity contribution in [2.75, 3.05) is 0 Å². The normalized spacial score (nSPS) is 40.9. The van der Waals surface area contributed by atoms with Crippen molar-refractivity contribution in [3.05, 3.63) is 0 Å². The zero-order valence-electron chi connectivity index (χ0n) is 5.61. The second-order valence-electron chi connectivity index (χ2n) is 3.66. The summed E-state index contributed by atoms with van der Waals surface area (Å²) in [6, 6.07) is 0. The molecule has 0 aromatic rings. The minimum Gasteiger partial charge on any atom is -0.0620 e. The van der Waals surface area contributed by atoms with Crippen LogP contribution in [0, 0.1) is 11.3 Å². The van der Waals surface area contributed by atoms with Gasteiger partial charge in [0.1, 0.15) is 0 Å². The summed E-state index contributed by atoms with van der Waals surface area (Å²) in [4.78, 5) is 0. The van der Waals surface area contributed by atoms with E-state index in [1.54, 1.807) is 19.3 Å². The van der Waals surface area contributed by atoms with Crippen molar-refractivity contribution in [2.24, 2.45) is 11.3 Å². The highest BCUT2D eigenvalue weighted by molar-refractivity contribution is 5.00. The Morgan fingerprint density at radius 1 is 1.25 bits per heavy atom. The van der Waals surface area contributed by atoms with Crippen LogP contribution in [0.4, 0.5) is 0 Å². The van der Waals surface area contributed by atoms with Crippen LogP contribution in [-0.4, -0.2) is 0 Å². The molecule has 0 amide bonds. The Labute approximate surface area is 51.3 Å². The maximum Gasteiger partial charge on any atom is -0.0271 e. The lowest BCUT2D eigenvalue weighted by Gasteiger charge is -2.10. The molecule has 0 N–H and O–H groups in total. The monoisotopic (exact) mass is 110 g/mol. The van der Waals surface area contributed by atoms with Gasteiger partial charge in [-0.3, -0.25) is 0 Å². The van der Waals surface area contributed by atoms with Gasteiger partial charge in [-0.05, 0) is 30.6 Å². The standard InChI is InChI=1S/C8H14/c1-7-3-2-4-8(7)5-6-8/h7H,2-6H2,1H3/t7-/m1/s1. The number of hydrogen-bond donors (Lipinski definition) is 0. The largest absolute Gasteiger partial charge is 0.0620 e. The highest BCUT2D eigenvalue weighted by Gasteiger charge is 2.49. The Morgan fingerprint density at radius 3 is 2.25 bits per heavy atom. The van der Waals surface area contributed by atoms with Gasteiger partial charge >= 0.3 is 0 Å². The predicted octanol–water partition coefficient (Wildman–Crippen LogP) is 2.59. The third kappa shape index (κ3) is 0.463. The lowest BCUT2D eigenvalue weighted by atomic mass is 9.95. The average Bonchev–Trinajstić information content (AvgIpc) is 2.39. The van der Waals surface area contributed by atoms with Crippen molar-refractivity contribution in [1.29, 1.82) is 0 Å². The highest BCUT2D eigenvalue weighted by Crippen LogP contribution is 2.60. The van der Waals surface area contributed by atoms with Crippen molar-refractivity contribution in [2.45, 2.75) is 39.0 Å². The summed E-state index contributed by atoms with van der Waals surface area (Å²) in [5.41, 5.74) is 0.903. The first-order valence-corrected chi connectivity index (χ1v) is 3.83. The highest BCUT2D eigenvalue weighted by atomic mass is 14.5. The van der Waals surface area contributed by atoms with Crippen LogP contribution in [-0.2, 0) is 0 Å². The van der Waals surface area contributed by atoms with Gasteiger partial charge < -0.3 is 0 Å². The molecule has 2 fully saturated rings. The molecule has 1 atom stereocenters. The van der Waals surface area contributed by atoms with E-state index in [1.807, 2.05) is 0 Å². The minimum atomic E-state index is 0.903. The summed E-state index contributed by atoms with van der Waals surface area (Å²) in [5, 5.41) is 0. The van der Waals surface area contributed by atoms with E-state index in [-0.39, 0.29) is 0 Å². The van der Waals surface area contributed by atoms with E-state index in [2.05, 4.69) is 6.92 Å². The molecule has 0 aromatic heterocycles. The fourth-order valence-electron chi connectivity index (χ4n) is 2.22. The molecule has 46 valence electrons. The SMILES string of the molecule is C[C@@H]1CCCC12CC2. The zero-order valence-corrected chi connectivity index (χ0v) is 5.61. The summed E-state index contributed by atoms with van der Waals surface area (Å²) >= 11 is 0. The van der Waals surface area contributed by atoms with E-state index >= 15 is 0 Å². The summed E-state index contributed by atoms with van der Waals surface area (Å²) in [6.07, 6.45) is 7.68. The van der Waals surface area contributed by atoms with E-state index in [9.17, 15) is 0 Å². The molecule has 0 bridgehead atoms. The maximum atomic E-state index is 2.43. The Hall–Kier alpha value is 0. The maximum absolute atomic E-state index is 2.43. The van der Waals surface area contributed by atoms with Gasteiger partial charge in [0, 0.05) is 0 Å². The zero-order chi connectivity index (χ0) is 5.61. The molecule has 0 unspecified atom stereocenters. The number of hydrogen-bond acceptors (Lipinski definition) is 0. The van der Waals surface area contributed by atoms with Crippen LogP contribution in [0.15, 0.2) is 0 Å². The second kappa shape index (κ2) is 1.29. The van der Waals surface area contributed by atoms with Gasteiger partial charge in [-0.2, -0.15) is 0 Å². The van der Waals surface area contributed by atoms with Crippen molar-refractivity contribution in [3.8, 4) is 0 Å². The van der Waals surface area contributed by atoms with Crippen LogP contribution in [0.2, 0.25) is 0 Å². The van der Waals surface area contributed by atoms with Gasteiger partial charge in [0.2, 0.25) is 0 Å². The molecular formula is C8H14. The molecule has 0 aromatic carbocycles. The van der Waals surface area contributed by atoms with Crippen LogP contribution in [0.1, 0.15) is 39.0 Å². The molecule has 0 heteroatoms. The molecule has 0 nitrogen and oxygen atoms in total. The molecule has 0 heterocycles. The Balaban J connectivity index is 2.12. The first-order chi connectivity index (χ1) is 3.83. The third-order valence-electron chi connectivity index (χ3n) is 3.25. The fourth-order valence-corrected chi connectivity index (χ4v) is 2.22. The first-order valence-electron chi connectivity index (χ1n) is 3.83. The van der Waals surface area contributed by atoms with Gasteiger partial charge in [-0.1, -0.05) is 19.8 Å². The number of rotatable bonds is 0. The topological polar surface area (TPSA) is 0 Å². The van der Waals surface area contributed by atoms with Gasteiger partial charge in [0.15, 0.2) is 0 Å². The van der Waals surface area contributed by atoms with Gasteiger partial charge in [-0.15, -0.1) is 0 Å². The summed E-state index contributed by atoms with van der Waals surface area (Å²) < 4.78 is 0. The van der Waals surface area contributed by atoms with Crippen molar-refractivity contribution in [3.63, 3.8) is 0 Å². The fraction of sp³-hybridized carbons (Fsp3) is 1.00.